The van der Waals surface area contributed by atoms with Gasteiger partial charge in [0.15, 0.2) is 9.84 Å². The highest BCUT2D eigenvalue weighted by Crippen LogP contribution is 2.20. The summed E-state index contributed by atoms with van der Waals surface area (Å²) >= 11 is 0. The molecule has 14 heavy (non-hydrogen) atoms. The van der Waals surface area contributed by atoms with E-state index in [2.05, 4.69) is 0 Å². The predicted octanol–water partition coefficient (Wildman–Crippen LogP) is 2.14. The lowest BCUT2D eigenvalue weighted by atomic mass is 10.2. The molecule has 0 radical (unpaired) electrons. The molecule has 0 heterocycles. The third-order valence-corrected chi connectivity index (χ3v) is 5.71. The molecule has 4 heteroatoms. The molecular formula is C10H19NO2S. The van der Waals surface area contributed by atoms with Crippen molar-refractivity contribution in [2.45, 2.75) is 51.0 Å². The highest BCUT2D eigenvalue weighted by molar-refractivity contribution is 7.92. The largest absolute Gasteiger partial charge is 0.228 e. The summed E-state index contributed by atoms with van der Waals surface area (Å²) in [7, 11) is -3.14. The summed E-state index contributed by atoms with van der Waals surface area (Å²) in [6, 6.07) is 1.94. The van der Waals surface area contributed by atoms with E-state index in [9.17, 15) is 8.42 Å². The zero-order chi connectivity index (χ0) is 11.4. The maximum absolute atomic E-state index is 11.9. The zero-order valence-corrected chi connectivity index (χ0v) is 10.1. The Bertz CT molecular complexity index is 301. The summed E-state index contributed by atoms with van der Waals surface area (Å²) in [6.07, 6.45) is 0.628. The summed E-state index contributed by atoms with van der Waals surface area (Å²) < 4.78 is 23.9. The van der Waals surface area contributed by atoms with E-state index in [1.165, 1.54) is 0 Å². The van der Waals surface area contributed by atoms with Crippen molar-refractivity contribution in [1.82, 2.24) is 0 Å². The summed E-state index contributed by atoms with van der Waals surface area (Å²) in [5.74, 6) is 0.104. The first-order chi connectivity index (χ1) is 6.37. The second-order valence-corrected chi connectivity index (χ2v) is 6.52. The van der Waals surface area contributed by atoms with Gasteiger partial charge in [0, 0.05) is 0 Å². The van der Waals surface area contributed by atoms with Gasteiger partial charge in [-0.1, -0.05) is 20.8 Å². The molecular weight excluding hydrogens is 198 g/mol. The molecule has 2 atom stereocenters. The molecule has 0 aliphatic heterocycles. The van der Waals surface area contributed by atoms with Gasteiger partial charge in [-0.15, -0.1) is 0 Å². The Morgan fingerprint density at radius 1 is 1.29 bits per heavy atom. The Morgan fingerprint density at radius 3 is 2.07 bits per heavy atom. The molecule has 0 amide bonds. The molecule has 0 spiro atoms. The lowest BCUT2D eigenvalue weighted by Gasteiger charge is -2.21. The number of nitriles is 1. The highest BCUT2D eigenvalue weighted by Gasteiger charge is 2.31. The summed E-state index contributed by atoms with van der Waals surface area (Å²) in [6.45, 7) is 7.31. The Kier molecular flexibility index (Phi) is 5.14. The van der Waals surface area contributed by atoms with Crippen LogP contribution < -0.4 is 0 Å². The van der Waals surface area contributed by atoms with Crippen LogP contribution in [0.3, 0.4) is 0 Å². The molecule has 0 aliphatic carbocycles. The van der Waals surface area contributed by atoms with Crippen LogP contribution in [0.5, 0.6) is 0 Å². The first-order valence-electron chi connectivity index (χ1n) is 4.97. The minimum atomic E-state index is -3.14. The first-order valence-corrected chi connectivity index (χ1v) is 6.58. The van der Waals surface area contributed by atoms with Gasteiger partial charge in [0.25, 0.3) is 0 Å². The summed E-state index contributed by atoms with van der Waals surface area (Å²) in [5, 5.41) is 7.68. The van der Waals surface area contributed by atoms with E-state index in [-0.39, 0.29) is 17.6 Å². The van der Waals surface area contributed by atoms with Crippen LogP contribution in [0.25, 0.3) is 0 Å². The molecule has 0 aromatic heterocycles. The molecule has 3 nitrogen and oxygen atoms in total. The Morgan fingerprint density at radius 2 is 1.79 bits per heavy atom. The minimum Gasteiger partial charge on any atom is -0.228 e. The molecule has 0 fully saturated rings. The van der Waals surface area contributed by atoms with Crippen LogP contribution in [-0.2, 0) is 9.84 Å². The number of hydrogen-bond donors (Lipinski definition) is 0. The molecule has 0 saturated carbocycles. The van der Waals surface area contributed by atoms with Gasteiger partial charge in [-0.05, 0) is 19.3 Å². The molecule has 0 aliphatic rings. The predicted molar refractivity (Wildman–Crippen MR) is 57.5 cm³/mol. The van der Waals surface area contributed by atoms with Crippen molar-refractivity contribution in [1.29, 1.82) is 5.26 Å². The monoisotopic (exact) mass is 217 g/mol. The van der Waals surface area contributed by atoms with Gasteiger partial charge in [-0.3, -0.25) is 0 Å². The first kappa shape index (κ1) is 13.4. The number of hydrogen-bond acceptors (Lipinski definition) is 3. The lowest BCUT2D eigenvalue weighted by molar-refractivity contribution is 0.529. The van der Waals surface area contributed by atoms with Crippen molar-refractivity contribution in [3.8, 4) is 6.07 Å². The van der Waals surface area contributed by atoms with Gasteiger partial charge in [0.2, 0.25) is 0 Å². The number of sulfone groups is 1. The van der Waals surface area contributed by atoms with Gasteiger partial charge >= 0.3 is 0 Å². The highest BCUT2D eigenvalue weighted by atomic mass is 32.2. The van der Waals surface area contributed by atoms with Crippen molar-refractivity contribution in [3.05, 3.63) is 0 Å². The molecule has 0 aromatic carbocycles. The fraction of sp³-hybridized carbons (Fsp3) is 0.900. The van der Waals surface area contributed by atoms with Crippen molar-refractivity contribution in [3.63, 3.8) is 0 Å². The second-order valence-electron chi connectivity index (χ2n) is 3.93. The third-order valence-electron chi connectivity index (χ3n) is 2.70. The van der Waals surface area contributed by atoms with E-state index in [0.717, 1.165) is 0 Å². The summed E-state index contributed by atoms with van der Waals surface area (Å²) in [5.41, 5.74) is 0. The molecule has 2 unspecified atom stereocenters. The number of nitrogens with zero attached hydrogens (tertiary/aromatic N) is 1. The lowest BCUT2D eigenvalue weighted by Crippen LogP contribution is -2.33. The zero-order valence-electron chi connectivity index (χ0n) is 9.32. The maximum atomic E-state index is 11.9. The quantitative estimate of drug-likeness (QED) is 0.709. The smallest absolute Gasteiger partial charge is 0.156 e. The van der Waals surface area contributed by atoms with Crippen LogP contribution in [0.15, 0.2) is 0 Å². The third kappa shape index (κ3) is 2.98. The Labute approximate surface area is 87.0 Å². The van der Waals surface area contributed by atoms with Crippen LogP contribution in [0.2, 0.25) is 0 Å². The molecule has 82 valence electrons. The standard InChI is InChI=1S/C10H19NO2S/c1-5-10(6-7-11)14(12,13)9(4)8(2)3/h8-10H,5-6H2,1-4H3. The second kappa shape index (κ2) is 5.35. The van der Waals surface area contributed by atoms with Gasteiger partial charge in [0.1, 0.15) is 0 Å². The van der Waals surface area contributed by atoms with E-state index in [0.29, 0.717) is 6.42 Å². The van der Waals surface area contributed by atoms with Gasteiger partial charge in [-0.25, -0.2) is 8.42 Å². The van der Waals surface area contributed by atoms with E-state index in [1.54, 1.807) is 6.92 Å². The fourth-order valence-electron chi connectivity index (χ4n) is 1.28. The van der Waals surface area contributed by atoms with E-state index < -0.39 is 15.1 Å². The molecule has 0 rings (SSSR count). The summed E-state index contributed by atoms with van der Waals surface area (Å²) in [4.78, 5) is 0. The van der Waals surface area contributed by atoms with Crippen LogP contribution in [0.4, 0.5) is 0 Å². The average molecular weight is 217 g/mol. The van der Waals surface area contributed by atoms with Crippen LogP contribution in [0, 0.1) is 17.2 Å². The normalized spacial score (nSPS) is 16.3. The van der Waals surface area contributed by atoms with Crippen molar-refractivity contribution >= 4 is 9.84 Å². The molecule has 0 bridgehead atoms. The average Bonchev–Trinajstić information content (AvgIpc) is 2.12. The maximum Gasteiger partial charge on any atom is 0.156 e. The molecule has 0 aromatic rings. The molecule has 0 saturated heterocycles. The van der Waals surface area contributed by atoms with E-state index in [1.807, 2.05) is 26.8 Å². The fourth-order valence-corrected chi connectivity index (χ4v) is 3.41. The van der Waals surface area contributed by atoms with Crippen LogP contribution in [0.1, 0.15) is 40.5 Å². The molecule has 0 N–H and O–H groups in total. The van der Waals surface area contributed by atoms with Crippen molar-refractivity contribution < 1.29 is 8.42 Å². The van der Waals surface area contributed by atoms with Crippen LogP contribution >= 0.6 is 0 Å². The van der Waals surface area contributed by atoms with E-state index in [4.69, 9.17) is 5.26 Å². The van der Waals surface area contributed by atoms with Crippen molar-refractivity contribution in [2.75, 3.05) is 0 Å². The van der Waals surface area contributed by atoms with Gasteiger partial charge in [0.05, 0.1) is 23.0 Å². The van der Waals surface area contributed by atoms with E-state index >= 15 is 0 Å². The van der Waals surface area contributed by atoms with Gasteiger partial charge < -0.3 is 0 Å². The topological polar surface area (TPSA) is 57.9 Å². The Hall–Kier alpha value is -0.560. The SMILES string of the molecule is CCC(CC#N)S(=O)(=O)C(C)C(C)C. The minimum absolute atomic E-state index is 0.104. The number of rotatable bonds is 5. The Balaban J connectivity index is 4.84. The van der Waals surface area contributed by atoms with Crippen LogP contribution in [-0.4, -0.2) is 18.9 Å². The van der Waals surface area contributed by atoms with Gasteiger partial charge in [-0.2, -0.15) is 5.26 Å². The van der Waals surface area contributed by atoms with Crippen molar-refractivity contribution in [2.24, 2.45) is 5.92 Å².